The third kappa shape index (κ3) is 4.15. The highest BCUT2D eigenvalue weighted by Crippen LogP contribution is 2.61. The first-order valence-corrected chi connectivity index (χ1v) is 11.3. The van der Waals surface area contributed by atoms with Crippen LogP contribution in [0.2, 0.25) is 0 Å². The number of hydrogen-bond acceptors (Lipinski definition) is 3. The van der Waals surface area contributed by atoms with Gasteiger partial charge in [-0.05, 0) is 93.2 Å². The maximum Gasteiger partial charge on any atom is 0.337 e. The highest BCUT2D eigenvalue weighted by atomic mass is 16.4. The van der Waals surface area contributed by atoms with E-state index in [1.165, 1.54) is 38.5 Å². The van der Waals surface area contributed by atoms with Crippen molar-refractivity contribution in [2.75, 3.05) is 23.3 Å². The maximum atomic E-state index is 11.9. The summed E-state index contributed by atoms with van der Waals surface area (Å²) >= 11 is 0. The number of carboxylic acid groups (broad SMARTS) is 1. The third-order valence-electron chi connectivity index (χ3n) is 7.63. The Morgan fingerprint density at radius 3 is 2.24 bits per heavy atom. The van der Waals surface area contributed by atoms with Crippen LogP contribution in [-0.4, -0.2) is 30.1 Å². The average molecular weight is 399 g/mol. The Labute approximate surface area is 173 Å². The van der Waals surface area contributed by atoms with Gasteiger partial charge in [0.1, 0.15) is 0 Å². The maximum absolute atomic E-state index is 11.9. The molecule has 1 aromatic carbocycles. The molecule has 5 nitrogen and oxygen atoms in total. The van der Waals surface area contributed by atoms with E-state index >= 15 is 0 Å². The van der Waals surface area contributed by atoms with Gasteiger partial charge in [0.2, 0.25) is 5.91 Å². The first-order valence-electron chi connectivity index (χ1n) is 11.3. The van der Waals surface area contributed by atoms with E-state index in [9.17, 15) is 14.7 Å². The fourth-order valence-electron chi connectivity index (χ4n) is 6.73. The monoisotopic (exact) mass is 398 g/mol. The summed E-state index contributed by atoms with van der Waals surface area (Å²) < 4.78 is 0. The molecular formula is C24H34N2O3. The Hall–Kier alpha value is -2.04. The Kier molecular flexibility index (Phi) is 5.58. The van der Waals surface area contributed by atoms with Crippen LogP contribution in [0, 0.1) is 23.2 Å². The molecule has 0 heterocycles. The lowest BCUT2D eigenvalue weighted by Gasteiger charge is -2.57. The zero-order valence-corrected chi connectivity index (χ0v) is 17.7. The van der Waals surface area contributed by atoms with Crippen LogP contribution >= 0.6 is 0 Å². The van der Waals surface area contributed by atoms with Crippen molar-refractivity contribution in [1.29, 1.82) is 0 Å². The summed E-state index contributed by atoms with van der Waals surface area (Å²) in [6.07, 6.45) is 10.0. The van der Waals surface area contributed by atoms with Crippen molar-refractivity contribution in [2.45, 2.75) is 65.2 Å². The smallest absolute Gasteiger partial charge is 0.337 e. The van der Waals surface area contributed by atoms with Crippen LogP contribution in [0.4, 0.5) is 11.4 Å². The van der Waals surface area contributed by atoms with E-state index < -0.39 is 5.97 Å². The molecule has 5 rings (SSSR count). The van der Waals surface area contributed by atoms with Crippen LogP contribution in [0.5, 0.6) is 0 Å². The van der Waals surface area contributed by atoms with Crippen molar-refractivity contribution in [3.05, 3.63) is 23.8 Å². The Morgan fingerprint density at radius 1 is 1.10 bits per heavy atom. The molecule has 4 saturated carbocycles. The molecule has 5 heteroatoms. The molecule has 4 aliphatic carbocycles. The van der Waals surface area contributed by atoms with Gasteiger partial charge in [-0.25, -0.2) is 4.79 Å². The van der Waals surface area contributed by atoms with Crippen LogP contribution in [0.25, 0.3) is 0 Å². The Morgan fingerprint density at radius 2 is 1.72 bits per heavy atom. The molecule has 4 bridgehead atoms. The molecule has 1 amide bonds. The second kappa shape index (κ2) is 8.00. The van der Waals surface area contributed by atoms with Gasteiger partial charge < -0.3 is 15.3 Å². The summed E-state index contributed by atoms with van der Waals surface area (Å²) in [6, 6.07) is 5.28. The molecule has 4 aliphatic rings. The molecule has 29 heavy (non-hydrogen) atoms. The van der Waals surface area contributed by atoms with Crippen molar-refractivity contribution in [1.82, 2.24) is 0 Å². The van der Waals surface area contributed by atoms with E-state index in [1.807, 2.05) is 12.1 Å². The topological polar surface area (TPSA) is 69.6 Å². The van der Waals surface area contributed by atoms with E-state index in [1.54, 1.807) is 13.0 Å². The van der Waals surface area contributed by atoms with Gasteiger partial charge in [-0.15, -0.1) is 0 Å². The van der Waals surface area contributed by atoms with E-state index in [-0.39, 0.29) is 11.5 Å². The molecular weight excluding hydrogens is 364 g/mol. The van der Waals surface area contributed by atoms with Gasteiger partial charge in [-0.2, -0.15) is 0 Å². The predicted molar refractivity (Wildman–Crippen MR) is 115 cm³/mol. The summed E-state index contributed by atoms with van der Waals surface area (Å²) in [5.74, 6) is 1.76. The minimum absolute atomic E-state index is 0.108. The minimum atomic E-state index is -0.944. The predicted octanol–water partition coefficient (Wildman–Crippen LogP) is 5.17. The standard InChI is InChI=1S/C24H34N2O3/c1-3-22(27)25-19-5-6-21(20(12-19)23(28)29)26(4-2)8-7-24-13-16-9-17(14-24)11-18(10-16)15-24/h5-6,12,16-18H,3-4,7-11,13-15H2,1-2H3,(H,25,27)(H,28,29). The number of hydrogen-bond donors (Lipinski definition) is 2. The summed E-state index contributed by atoms with van der Waals surface area (Å²) in [4.78, 5) is 25.8. The number of carbonyl (C=O) groups is 2. The van der Waals surface area contributed by atoms with Crippen LogP contribution in [0.15, 0.2) is 18.2 Å². The molecule has 0 aromatic heterocycles. The lowest BCUT2D eigenvalue weighted by molar-refractivity contribution is -0.115. The number of carbonyl (C=O) groups excluding carboxylic acids is 1. The Balaban J connectivity index is 1.50. The van der Waals surface area contributed by atoms with E-state index in [0.717, 1.165) is 43.0 Å². The van der Waals surface area contributed by atoms with Crippen molar-refractivity contribution in [2.24, 2.45) is 23.2 Å². The van der Waals surface area contributed by atoms with Crippen molar-refractivity contribution in [3.63, 3.8) is 0 Å². The number of nitrogens with one attached hydrogen (secondary N) is 1. The number of aromatic carboxylic acids is 1. The summed E-state index contributed by atoms with van der Waals surface area (Å²) in [5.41, 5.74) is 2.07. The quantitative estimate of drug-likeness (QED) is 0.634. The molecule has 0 aliphatic heterocycles. The SMILES string of the molecule is CCC(=O)Nc1ccc(N(CC)CCC23CC4CC(CC(C4)C2)C3)c(C(=O)O)c1. The fraction of sp³-hybridized carbons (Fsp3) is 0.667. The van der Waals surface area contributed by atoms with Crippen LogP contribution in [0.3, 0.4) is 0 Å². The van der Waals surface area contributed by atoms with Gasteiger partial charge in [0, 0.05) is 25.2 Å². The van der Waals surface area contributed by atoms with Crippen molar-refractivity contribution in [3.8, 4) is 0 Å². The number of amides is 1. The molecule has 2 N–H and O–H groups in total. The van der Waals surface area contributed by atoms with Crippen LogP contribution in [0.1, 0.15) is 75.6 Å². The summed E-state index contributed by atoms with van der Waals surface area (Å²) in [6.45, 7) is 5.57. The molecule has 0 saturated heterocycles. The van der Waals surface area contributed by atoms with Crippen LogP contribution in [-0.2, 0) is 4.79 Å². The number of benzene rings is 1. The molecule has 0 radical (unpaired) electrons. The number of carboxylic acids is 1. The number of rotatable bonds is 8. The zero-order valence-electron chi connectivity index (χ0n) is 17.7. The van der Waals surface area contributed by atoms with E-state index in [4.69, 9.17) is 0 Å². The molecule has 1 aromatic rings. The molecule has 158 valence electrons. The van der Waals surface area contributed by atoms with E-state index in [0.29, 0.717) is 17.5 Å². The van der Waals surface area contributed by atoms with Gasteiger partial charge in [0.05, 0.1) is 11.3 Å². The van der Waals surface area contributed by atoms with Crippen molar-refractivity contribution >= 4 is 23.3 Å². The zero-order chi connectivity index (χ0) is 20.6. The van der Waals surface area contributed by atoms with Gasteiger partial charge in [-0.1, -0.05) is 6.92 Å². The van der Waals surface area contributed by atoms with Crippen molar-refractivity contribution < 1.29 is 14.7 Å². The Bertz CT molecular complexity index is 753. The largest absolute Gasteiger partial charge is 0.478 e. The second-order valence-corrected chi connectivity index (χ2v) is 9.69. The van der Waals surface area contributed by atoms with Gasteiger partial charge in [0.25, 0.3) is 0 Å². The highest BCUT2D eigenvalue weighted by molar-refractivity contribution is 5.98. The van der Waals surface area contributed by atoms with Crippen LogP contribution < -0.4 is 10.2 Å². The normalized spacial score (nSPS) is 29.7. The summed E-state index contributed by atoms with van der Waals surface area (Å²) in [7, 11) is 0. The lowest BCUT2D eigenvalue weighted by atomic mass is 9.49. The number of nitrogens with zero attached hydrogens (tertiary/aromatic N) is 1. The second-order valence-electron chi connectivity index (χ2n) is 9.69. The fourth-order valence-corrected chi connectivity index (χ4v) is 6.73. The molecule has 0 atom stereocenters. The lowest BCUT2D eigenvalue weighted by Crippen LogP contribution is -2.47. The first kappa shape index (κ1) is 20.2. The van der Waals surface area contributed by atoms with E-state index in [2.05, 4.69) is 17.1 Å². The summed E-state index contributed by atoms with van der Waals surface area (Å²) in [5, 5.41) is 12.6. The number of anilines is 2. The molecule has 4 fully saturated rings. The third-order valence-corrected chi connectivity index (χ3v) is 7.63. The first-order chi connectivity index (χ1) is 13.9. The van der Waals surface area contributed by atoms with Gasteiger partial charge >= 0.3 is 5.97 Å². The average Bonchev–Trinajstić information content (AvgIpc) is 2.67. The minimum Gasteiger partial charge on any atom is -0.478 e. The molecule has 0 unspecified atom stereocenters. The van der Waals surface area contributed by atoms with Gasteiger partial charge in [-0.3, -0.25) is 4.79 Å². The van der Waals surface area contributed by atoms with Gasteiger partial charge in [0.15, 0.2) is 0 Å². The molecule has 0 spiro atoms. The highest BCUT2D eigenvalue weighted by Gasteiger charge is 2.50.